The minimum Gasteiger partial charge on any atom is -0.366 e. The zero-order valence-corrected chi connectivity index (χ0v) is 14.1. The van der Waals surface area contributed by atoms with E-state index in [-0.39, 0.29) is 0 Å². The van der Waals surface area contributed by atoms with Crippen LogP contribution in [0.25, 0.3) is 0 Å². The van der Waals surface area contributed by atoms with Crippen molar-refractivity contribution in [2.45, 2.75) is 17.0 Å². The van der Waals surface area contributed by atoms with Gasteiger partial charge in [-0.15, -0.1) is 0 Å². The van der Waals surface area contributed by atoms with E-state index in [4.69, 9.17) is 17.3 Å². The van der Waals surface area contributed by atoms with Crippen LogP contribution in [-0.4, -0.2) is 26.1 Å². The maximum atomic E-state index is 11.1. The molecule has 24 heavy (non-hydrogen) atoms. The summed E-state index contributed by atoms with van der Waals surface area (Å²) < 4.78 is 0. The molecule has 1 amide bonds. The van der Waals surface area contributed by atoms with Crippen molar-refractivity contribution < 1.29 is 4.79 Å². The number of halogens is 1. The van der Waals surface area contributed by atoms with Crippen LogP contribution in [0.3, 0.4) is 0 Å². The first-order chi connectivity index (χ1) is 11.5. The normalized spacial score (nSPS) is 10.6. The number of hydrogen-bond donors (Lipinski definition) is 3. The standard InChI is InChI=1S/C15H13ClN6OS/c1-8-6-13(22-21-8)19-12-7-11(16)18-15(20-12)24-10-4-2-9(3-5-10)14(17)23/h2-7H,1H3,(H2,17,23)(H2,18,19,20,21,22). The Bertz CT molecular complexity index is 880. The highest BCUT2D eigenvalue weighted by Gasteiger charge is 2.08. The van der Waals surface area contributed by atoms with Crippen molar-refractivity contribution in [3.8, 4) is 0 Å². The highest BCUT2D eigenvalue weighted by Crippen LogP contribution is 2.28. The molecule has 0 spiro atoms. The maximum Gasteiger partial charge on any atom is 0.248 e. The number of nitrogens with two attached hydrogens (primary N) is 1. The quantitative estimate of drug-likeness (QED) is 0.476. The third-order valence-corrected chi connectivity index (χ3v) is 4.06. The van der Waals surface area contributed by atoms with E-state index in [0.29, 0.717) is 27.5 Å². The van der Waals surface area contributed by atoms with Crippen LogP contribution in [0.5, 0.6) is 0 Å². The number of carbonyl (C=O) groups is 1. The molecule has 3 rings (SSSR count). The molecule has 0 saturated carbocycles. The molecule has 0 saturated heterocycles. The Labute approximate surface area is 147 Å². The number of aromatic amines is 1. The Kier molecular flexibility index (Phi) is 4.68. The summed E-state index contributed by atoms with van der Waals surface area (Å²) in [5.41, 5.74) is 6.54. The molecule has 3 aromatic rings. The second-order valence-corrected chi connectivity index (χ2v) is 6.33. The number of aromatic nitrogens is 4. The van der Waals surface area contributed by atoms with Gasteiger partial charge in [-0.2, -0.15) is 5.10 Å². The fourth-order valence-electron chi connectivity index (χ4n) is 1.92. The van der Waals surface area contributed by atoms with Gasteiger partial charge >= 0.3 is 0 Å². The predicted molar refractivity (Wildman–Crippen MR) is 92.7 cm³/mol. The van der Waals surface area contributed by atoms with Gasteiger partial charge in [0.25, 0.3) is 0 Å². The molecule has 122 valence electrons. The molecular formula is C15H13ClN6OS. The molecule has 0 aliphatic rings. The molecule has 0 aliphatic heterocycles. The van der Waals surface area contributed by atoms with E-state index in [1.54, 1.807) is 30.3 Å². The van der Waals surface area contributed by atoms with E-state index in [0.717, 1.165) is 10.6 Å². The van der Waals surface area contributed by atoms with Gasteiger partial charge in [0, 0.05) is 22.6 Å². The van der Waals surface area contributed by atoms with Crippen LogP contribution in [0.2, 0.25) is 5.15 Å². The van der Waals surface area contributed by atoms with Crippen molar-refractivity contribution in [2.75, 3.05) is 5.32 Å². The summed E-state index contributed by atoms with van der Waals surface area (Å²) in [6.07, 6.45) is 0. The van der Waals surface area contributed by atoms with Crippen LogP contribution in [0.1, 0.15) is 16.1 Å². The molecule has 0 fully saturated rings. The predicted octanol–water partition coefficient (Wildman–Crippen LogP) is 3.16. The number of anilines is 2. The molecule has 0 unspecified atom stereocenters. The van der Waals surface area contributed by atoms with Gasteiger partial charge in [0.05, 0.1) is 5.69 Å². The molecule has 4 N–H and O–H groups in total. The Balaban J connectivity index is 1.79. The first-order valence-corrected chi connectivity index (χ1v) is 8.10. The zero-order chi connectivity index (χ0) is 17.1. The van der Waals surface area contributed by atoms with E-state index in [1.807, 2.05) is 13.0 Å². The third kappa shape index (κ3) is 4.03. The third-order valence-electron chi connectivity index (χ3n) is 2.99. The molecule has 1 aromatic carbocycles. The number of nitrogens with one attached hydrogen (secondary N) is 2. The van der Waals surface area contributed by atoms with Crippen molar-refractivity contribution in [2.24, 2.45) is 5.73 Å². The summed E-state index contributed by atoms with van der Waals surface area (Å²) in [4.78, 5) is 20.6. The summed E-state index contributed by atoms with van der Waals surface area (Å²) in [6.45, 7) is 1.88. The van der Waals surface area contributed by atoms with Crippen LogP contribution < -0.4 is 11.1 Å². The highest BCUT2D eigenvalue weighted by atomic mass is 35.5. The fourth-order valence-corrected chi connectivity index (χ4v) is 2.93. The average Bonchev–Trinajstić information content (AvgIpc) is 2.92. The molecule has 0 atom stereocenters. The Morgan fingerprint density at radius 1 is 1.25 bits per heavy atom. The zero-order valence-electron chi connectivity index (χ0n) is 12.6. The van der Waals surface area contributed by atoms with Crippen molar-refractivity contribution in [3.63, 3.8) is 0 Å². The second kappa shape index (κ2) is 6.90. The van der Waals surface area contributed by atoms with Crippen LogP contribution >= 0.6 is 23.4 Å². The van der Waals surface area contributed by atoms with Crippen LogP contribution in [0, 0.1) is 6.92 Å². The number of H-pyrrole nitrogens is 1. The number of aryl methyl sites for hydroxylation is 1. The summed E-state index contributed by atoms with van der Waals surface area (Å²) in [5, 5.41) is 10.8. The monoisotopic (exact) mass is 360 g/mol. The number of benzene rings is 1. The SMILES string of the molecule is Cc1cc(Nc2cc(Cl)nc(Sc3ccc(C(N)=O)cc3)n2)[nH]n1. The minimum absolute atomic E-state index is 0.319. The van der Waals surface area contributed by atoms with Gasteiger partial charge in [-0.1, -0.05) is 11.6 Å². The topological polar surface area (TPSA) is 110 Å². The van der Waals surface area contributed by atoms with E-state index in [1.165, 1.54) is 11.8 Å². The van der Waals surface area contributed by atoms with Crippen molar-refractivity contribution in [3.05, 3.63) is 52.8 Å². The first kappa shape index (κ1) is 16.3. The summed E-state index contributed by atoms with van der Waals surface area (Å²) >= 11 is 7.39. The largest absolute Gasteiger partial charge is 0.366 e. The lowest BCUT2D eigenvalue weighted by Gasteiger charge is -2.06. The number of hydrogen-bond acceptors (Lipinski definition) is 6. The number of rotatable bonds is 5. The van der Waals surface area contributed by atoms with Crippen LogP contribution in [0.4, 0.5) is 11.6 Å². The van der Waals surface area contributed by atoms with Gasteiger partial charge in [-0.05, 0) is 43.0 Å². The molecule has 0 bridgehead atoms. The number of amides is 1. The molecular weight excluding hydrogens is 348 g/mol. The summed E-state index contributed by atoms with van der Waals surface area (Å²) in [6, 6.07) is 10.3. The van der Waals surface area contributed by atoms with E-state index in [9.17, 15) is 4.79 Å². The summed E-state index contributed by atoms with van der Waals surface area (Å²) in [5.74, 6) is 0.797. The molecule has 0 radical (unpaired) electrons. The lowest BCUT2D eigenvalue weighted by molar-refractivity contribution is 0.1000. The van der Waals surface area contributed by atoms with Crippen molar-refractivity contribution >= 4 is 40.9 Å². The highest BCUT2D eigenvalue weighted by molar-refractivity contribution is 7.99. The Morgan fingerprint density at radius 3 is 2.62 bits per heavy atom. The fraction of sp³-hybridized carbons (Fsp3) is 0.0667. The van der Waals surface area contributed by atoms with Crippen molar-refractivity contribution in [1.29, 1.82) is 0 Å². The first-order valence-electron chi connectivity index (χ1n) is 6.91. The smallest absolute Gasteiger partial charge is 0.248 e. The Hall–Kier alpha value is -2.58. The van der Waals surface area contributed by atoms with Gasteiger partial charge < -0.3 is 11.1 Å². The average molecular weight is 361 g/mol. The van der Waals surface area contributed by atoms with Gasteiger partial charge in [0.15, 0.2) is 5.16 Å². The van der Waals surface area contributed by atoms with Crippen LogP contribution in [-0.2, 0) is 0 Å². The van der Waals surface area contributed by atoms with E-state index in [2.05, 4.69) is 25.5 Å². The molecule has 2 aromatic heterocycles. The lowest BCUT2D eigenvalue weighted by atomic mass is 10.2. The second-order valence-electron chi connectivity index (χ2n) is 4.90. The number of primary amides is 1. The van der Waals surface area contributed by atoms with Crippen molar-refractivity contribution in [1.82, 2.24) is 20.2 Å². The number of nitrogens with zero attached hydrogens (tertiary/aromatic N) is 3. The number of carbonyl (C=O) groups excluding carboxylic acids is 1. The van der Waals surface area contributed by atoms with Gasteiger partial charge in [0.1, 0.15) is 16.8 Å². The van der Waals surface area contributed by atoms with E-state index < -0.39 is 5.91 Å². The molecule has 9 heteroatoms. The van der Waals surface area contributed by atoms with Gasteiger partial charge in [0.2, 0.25) is 5.91 Å². The van der Waals surface area contributed by atoms with Gasteiger partial charge in [-0.3, -0.25) is 9.89 Å². The minimum atomic E-state index is -0.466. The molecule has 7 nitrogen and oxygen atoms in total. The Morgan fingerprint density at radius 2 is 2.00 bits per heavy atom. The van der Waals surface area contributed by atoms with Crippen LogP contribution in [0.15, 0.2) is 46.5 Å². The van der Waals surface area contributed by atoms with E-state index >= 15 is 0 Å². The lowest BCUT2D eigenvalue weighted by Crippen LogP contribution is -2.10. The summed E-state index contributed by atoms with van der Waals surface area (Å²) in [7, 11) is 0. The molecule has 0 aliphatic carbocycles. The van der Waals surface area contributed by atoms with Gasteiger partial charge in [-0.25, -0.2) is 9.97 Å². The molecule has 2 heterocycles. The maximum absolute atomic E-state index is 11.1.